The van der Waals surface area contributed by atoms with Crippen molar-refractivity contribution in [3.63, 3.8) is 0 Å². The minimum atomic E-state index is -3.49. The van der Waals surface area contributed by atoms with Crippen LogP contribution in [0.1, 0.15) is 17.3 Å². The summed E-state index contributed by atoms with van der Waals surface area (Å²) >= 11 is 0. The van der Waals surface area contributed by atoms with E-state index in [1.54, 1.807) is 12.1 Å². The smallest absolute Gasteiger partial charge is 0.253 e. The topological polar surface area (TPSA) is 60.9 Å². The van der Waals surface area contributed by atoms with Gasteiger partial charge in [0.2, 0.25) is 10.0 Å². The molecule has 7 heteroatoms. The summed E-state index contributed by atoms with van der Waals surface area (Å²) in [4.78, 5) is 17.2. The highest BCUT2D eigenvalue weighted by atomic mass is 32.2. The third-order valence-electron chi connectivity index (χ3n) is 4.88. The molecule has 1 amide bonds. The van der Waals surface area contributed by atoms with E-state index in [2.05, 4.69) is 24.0 Å². The van der Waals surface area contributed by atoms with Gasteiger partial charge in [-0.1, -0.05) is 18.2 Å². The number of hydrogen-bond donors (Lipinski definition) is 0. The number of sulfonamides is 1. The van der Waals surface area contributed by atoms with Crippen molar-refractivity contribution in [3.05, 3.63) is 60.2 Å². The molecule has 144 valence electrons. The molecular formula is C20H25N3O3S. The number of anilines is 1. The van der Waals surface area contributed by atoms with Crippen molar-refractivity contribution in [1.82, 2.24) is 9.21 Å². The average molecular weight is 388 g/mol. The van der Waals surface area contributed by atoms with Crippen molar-refractivity contribution in [1.29, 1.82) is 0 Å². The molecule has 1 heterocycles. The zero-order valence-corrected chi connectivity index (χ0v) is 16.7. The van der Waals surface area contributed by atoms with Gasteiger partial charge in [0, 0.05) is 51.0 Å². The number of piperazine rings is 1. The minimum Gasteiger partial charge on any atom is -0.365 e. The molecule has 1 unspecified atom stereocenters. The zero-order valence-electron chi connectivity index (χ0n) is 15.9. The van der Waals surface area contributed by atoms with E-state index >= 15 is 0 Å². The molecule has 2 aromatic rings. The molecule has 3 rings (SSSR count). The number of hydrogen-bond acceptors (Lipinski definition) is 4. The standard InChI is InChI=1S/C20H25N3O3S/c1-16-15-22(13-14-23(16)18-7-5-4-6-8-18)20(24)17-9-11-19(12-10-17)27(25,26)21(2)3/h4-12,16H,13-15H2,1-3H3. The summed E-state index contributed by atoms with van der Waals surface area (Å²) in [6, 6.07) is 16.6. The van der Waals surface area contributed by atoms with Crippen LogP contribution in [0.5, 0.6) is 0 Å². The first-order chi connectivity index (χ1) is 12.8. The number of benzene rings is 2. The van der Waals surface area contributed by atoms with Crippen LogP contribution in [0.15, 0.2) is 59.5 Å². The Balaban J connectivity index is 1.70. The molecule has 1 fully saturated rings. The quantitative estimate of drug-likeness (QED) is 0.808. The van der Waals surface area contributed by atoms with Crippen LogP contribution in [-0.4, -0.2) is 63.3 Å². The Hall–Kier alpha value is -2.38. The molecule has 1 atom stereocenters. The number of carbonyl (C=O) groups excluding carboxylic acids is 1. The number of rotatable bonds is 4. The van der Waals surface area contributed by atoms with Gasteiger partial charge in [-0.2, -0.15) is 0 Å². The molecule has 27 heavy (non-hydrogen) atoms. The number of para-hydroxylation sites is 1. The summed E-state index contributed by atoms with van der Waals surface area (Å²) in [5, 5.41) is 0. The van der Waals surface area contributed by atoms with Gasteiger partial charge in [0.1, 0.15) is 0 Å². The van der Waals surface area contributed by atoms with Crippen LogP contribution in [0, 0.1) is 0 Å². The van der Waals surface area contributed by atoms with Crippen LogP contribution in [0.3, 0.4) is 0 Å². The van der Waals surface area contributed by atoms with Crippen molar-refractivity contribution in [2.24, 2.45) is 0 Å². The van der Waals surface area contributed by atoms with Gasteiger partial charge in [0.25, 0.3) is 5.91 Å². The summed E-state index contributed by atoms with van der Waals surface area (Å²) < 4.78 is 25.5. The lowest BCUT2D eigenvalue weighted by Gasteiger charge is -2.41. The number of amides is 1. The molecule has 0 radical (unpaired) electrons. The minimum absolute atomic E-state index is 0.0663. The molecule has 1 saturated heterocycles. The van der Waals surface area contributed by atoms with Gasteiger partial charge in [-0.05, 0) is 43.3 Å². The van der Waals surface area contributed by atoms with Crippen LogP contribution in [-0.2, 0) is 10.0 Å². The fourth-order valence-electron chi connectivity index (χ4n) is 3.31. The zero-order chi connectivity index (χ0) is 19.6. The molecule has 0 N–H and O–H groups in total. The molecule has 0 aliphatic carbocycles. The highest BCUT2D eigenvalue weighted by Gasteiger charge is 2.27. The molecule has 0 aromatic heterocycles. The summed E-state index contributed by atoms with van der Waals surface area (Å²) in [7, 11) is -0.513. The molecule has 0 bridgehead atoms. The van der Waals surface area contributed by atoms with Crippen LogP contribution in [0.2, 0.25) is 0 Å². The lowest BCUT2D eigenvalue weighted by atomic mass is 10.1. The van der Waals surface area contributed by atoms with E-state index in [0.29, 0.717) is 18.7 Å². The lowest BCUT2D eigenvalue weighted by Crippen LogP contribution is -2.53. The Bertz CT molecular complexity index is 896. The number of carbonyl (C=O) groups is 1. The Morgan fingerprint density at radius 1 is 1.00 bits per heavy atom. The molecule has 2 aromatic carbocycles. The van der Waals surface area contributed by atoms with E-state index in [9.17, 15) is 13.2 Å². The predicted octanol–water partition coefficient (Wildman–Crippen LogP) is 2.29. The van der Waals surface area contributed by atoms with E-state index in [-0.39, 0.29) is 16.8 Å². The maximum absolute atomic E-state index is 12.8. The summed E-state index contributed by atoms with van der Waals surface area (Å²) in [6.45, 7) is 4.14. The van der Waals surface area contributed by atoms with Gasteiger partial charge in [0.15, 0.2) is 0 Å². The SMILES string of the molecule is CC1CN(C(=O)c2ccc(S(=O)(=O)N(C)C)cc2)CCN1c1ccccc1. The summed E-state index contributed by atoms with van der Waals surface area (Å²) in [5.41, 5.74) is 1.67. The first kappa shape index (κ1) is 19.4. The first-order valence-corrected chi connectivity index (χ1v) is 10.4. The Labute approximate surface area is 161 Å². The maximum Gasteiger partial charge on any atom is 0.253 e. The predicted molar refractivity (Wildman–Crippen MR) is 106 cm³/mol. The van der Waals surface area contributed by atoms with Gasteiger partial charge in [-0.3, -0.25) is 4.79 Å². The second kappa shape index (κ2) is 7.70. The van der Waals surface area contributed by atoms with Gasteiger partial charge < -0.3 is 9.80 Å². The monoisotopic (exact) mass is 387 g/mol. The van der Waals surface area contributed by atoms with Crippen molar-refractivity contribution >= 4 is 21.6 Å². The van der Waals surface area contributed by atoms with Gasteiger partial charge >= 0.3 is 0 Å². The van der Waals surface area contributed by atoms with Crippen LogP contribution in [0.4, 0.5) is 5.69 Å². The van der Waals surface area contributed by atoms with Gasteiger partial charge in [-0.25, -0.2) is 12.7 Å². The Morgan fingerprint density at radius 3 is 2.19 bits per heavy atom. The third kappa shape index (κ3) is 3.99. The van der Waals surface area contributed by atoms with E-state index in [1.807, 2.05) is 23.1 Å². The van der Waals surface area contributed by atoms with Crippen molar-refractivity contribution in [2.75, 3.05) is 38.6 Å². The van der Waals surface area contributed by atoms with E-state index < -0.39 is 10.0 Å². The van der Waals surface area contributed by atoms with E-state index in [0.717, 1.165) is 16.5 Å². The second-order valence-electron chi connectivity index (χ2n) is 6.94. The molecule has 1 aliphatic rings. The molecular weight excluding hydrogens is 362 g/mol. The highest BCUT2D eigenvalue weighted by molar-refractivity contribution is 7.89. The maximum atomic E-state index is 12.8. The summed E-state index contributed by atoms with van der Waals surface area (Å²) in [6.07, 6.45) is 0. The molecule has 1 aliphatic heterocycles. The van der Waals surface area contributed by atoms with Crippen molar-refractivity contribution in [3.8, 4) is 0 Å². The normalized spacial score (nSPS) is 18.0. The van der Waals surface area contributed by atoms with Crippen LogP contribution < -0.4 is 4.90 Å². The molecule has 0 spiro atoms. The van der Waals surface area contributed by atoms with Crippen molar-refractivity contribution in [2.45, 2.75) is 17.9 Å². The van der Waals surface area contributed by atoms with E-state index in [1.165, 1.54) is 26.2 Å². The molecule has 0 saturated carbocycles. The van der Waals surface area contributed by atoms with Crippen LogP contribution >= 0.6 is 0 Å². The van der Waals surface area contributed by atoms with Crippen molar-refractivity contribution < 1.29 is 13.2 Å². The second-order valence-corrected chi connectivity index (χ2v) is 9.09. The van der Waals surface area contributed by atoms with Crippen LogP contribution in [0.25, 0.3) is 0 Å². The lowest BCUT2D eigenvalue weighted by molar-refractivity contribution is 0.0726. The summed E-state index contributed by atoms with van der Waals surface area (Å²) in [5.74, 6) is -0.0663. The fraction of sp³-hybridized carbons (Fsp3) is 0.350. The van der Waals surface area contributed by atoms with Gasteiger partial charge in [-0.15, -0.1) is 0 Å². The Kier molecular flexibility index (Phi) is 5.53. The highest BCUT2D eigenvalue weighted by Crippen LogP contribution is 2.22. The third-order valence-corrected chi connectivity index (χ3v) is 6.71. The average Bonchev–Trinajstić information content (AvgIpc) is 2.68. The number of nitrogens with zero attached hydrogens (tertiary/aromatic N) is 3. The molecule has 6 nitrogen and oxygen atoms in total. The van der Waals surface area contributed by atoms with Gasteiger partial charge in [0.05, 0.1) is 4.90 Å². The first-order valence-electron chi connectivity index (χ1n) is 8.94. The van der Waals surface area contributed by atoms with E-state index in [4.69, 9.17) is 0 Å². The largest absolute Gasteiger partial charge is 0.365 e. The fourth-order valence-corrected chi connectivity index (χ4v) is 4.21. The Morgan fingerprint density at radius 2 is 1.63 bits per heavy atom.